The lowest BCUT2D eigenvalue weighted by molar-refractivity contribution is 0.311. The van der Waals surface area contributed by atoms with E-state index in [0.717, 1.165) is 18.2 Å². The molecule has 2 aromatic carbocycles. The quantitative estimate of drug-likeness (QED) is 0.591. The van der Waals surface area contributed by atoms with Crippen molar-refractivity contribution in [3.63, 3.8) is 0 Å². The summed E-state index contributed by atoms with van der Waals surface area (Å²) in [4.78, 5) is 4.68. The molecule has 2 rings (SSSR count). The van der Waals surface area contributed by atoms with Gasteiger partial charge in [0.05, 0.1) is 20.3 Å². The molecule has 2 N–H and O–H groups in total. The van der Waals surface area contributed by atoms with E-state index in [1.54, 1.807) is 7.11 Å². The summed E-state index contributed by atoms with van der Waals surface area (Å²) in [5, 5.41) is 6.59. The molecule has 5 nitrogen and oxygen atoms in total. The summed E-state index contributed by atoms with van der Waals surface area (Å²) >= 11 is 0. The maximum atomic E-state index is 5.63. The van der Waals surface area contributed by atoms with Crippen LogP contribution < -0.4 is 20.1 Å². The lowest BCUT2D eigenvalue weighted by atomic mass is 10.1. The smallest absolute Gasteiger partial charge is 0.196 e. The molecule has 0 unspecified atom stereocenters. The van der Waals surface area contributed by atoms with Gasteiger partial charge in [-0.3, -0.25) is 0 Å². The third-order valence-electron chi connectivity index (χ3n) is 3.74. The number of hydrogen-bond acceptors (Lipinski definition) is 3. The van der Waals surface area contributed by atoms with E-state index in [1.807, 2.05) is 44.2 Å². The van der Waals surface area contributed by atoms with Gasteiger partial charge in [0.15, 0.2) is 17.5 Å². The molecule has 0 bridgehead atoms. The van der Waals surface area contributed by atoms with Crippen LogP contribution in [0.2, 0.25) is 0 Å². The van der Waals surface area contributed by atoms with E-state index in [2.05, 4.69) is 34.7 Å². The number of nitrogens with one attached hydrogen (secondary N) is 2. The Hall–Kier alpha value is -2.69. The van der Waals surface area contributed by atoms with Gasteiger partial charge in [-0.25, -0.2) is 4.99 Å². The predicted octanol–water partition coefficient (Wildman–Crippen LogP) is 3.98. The summed E-state index contributed by atoms with van der Waals surface area (Å²) in [6.07, 6.45) is 0. The van der Waals surface area contributed by atoms with Gasteiger partial charge in [0, 0.05) is 18.3 Å². The van der Waals surface area contributed by atoms with Crippen LogP contribution in [0.4, 0.5) is 5.69 Å². The van der Waals surface area contributed by atoms with Gasteiger partial charge in [0.2, 0.25) is 0 Å². The number of hydrogen-bond donors (Lipinski definition) is 2. The fourth-order valence-corrected chi connectivity index (χ4v) is 2.42. The van der Waals surface area contributed by atoms with E-state index < -0.39 is 0 Å². The van der Waals surface area contributed by atoms with Crippen LogP contribution in [-0.2, 0) is 6.54 Å². The van der Waals surface area contributed by atoms with E-state index in [4.69, 9.17) is 9.47 Å². The lowest BCUT2D eigenvalue weighted by Crippen LogP contribution is -2.30. The lowest BCUT2D eigenvalue weighted by Gasteiger charge is -2.14. The number of nitrogens with zero attached hydrogens (tertiary/aromatic N) is 1. The first kappa shape index (κ1) is 18.6. The zero-order chi connectivity index (χ0) is 18.1. The average molecular weight is 341 g/mol. The van der Waals surface area contributed by atoms with E-state index >= 15 is 0 Å². The molecule has 0 spiro atoms. The van der Waals surface area contributed by atoms with Crippen LogP contribution in [0.3, 0.4) is 0 Å². The SMILES string of the molecule is CCNC(=NCc1ccccc1C)Nc1ccc(OC)c(OCC)c1. The largest absolute Gasteiger partial charge is 0.493 e. The minimum absolute atomic E-state index is 0.585. The van der Waals surface area contributed by atoms with Crippen LogP contribution in [0.1, 0.15) is 25.0 Å². The first-order valence-electron chi connectivity index (χ1n) is 8.58. The van der Waals surface area contributed by atoms with Crippen molar-refractivity contribution in [2.45, 2.75) is 27.3 Å². The van der Waals surface area contributed by atoms with Crippen molar-refractivity contribution in [1.29, 1.82) is 0 Å². The van der Waals surface area contributed by atoms with Crippen LogP contribution in [-0.4, -0.2) is 26.2 Å². The van der Waals surface area contributed by atoms with Crippen LogP contribution in [0.5, 0.6) is 11.5 Å². The number of benzene rings is 2. The number of aryl methyl sites for hydroxylation is 1. The molecule has 5 heteroatoms. The second-order valence-electron chi connectivity index (χ2n) is 5.55. The first-order chi connectivity index (χ1) is 12.2. The summed E-state index contributed by atoms with van der Waals surface area (Å²) in [6, 6.07) is 14.0. The number of methoxy groups -OCH3 is 1. The van der Waals surface area contributed by atoms with E-state index in [0.29, 0.717) is 24.7 Å². The zero-order valence-electron chi connectivity index (χ0n) is 15.4. The molecule has 0 aliphatic rings. The number of guanidine groups is 1. The Kier molecular flexibility index (Phi) is 7.14. The fraction of sp³-hybridized carbons (Fsp3) is 0.350. The van der Waals surface area contributed by atoms with Crippen molar-refractivity contribution in [3.05, 3.63) is 53.6 Å². The summed E-state index contributed by atoms with van der Waals surface area (Å²) in [7, 11) is 1.64. The summed E-state index contributed by atoms with van der Waals surface area (Å²) in [6.45, 7) is 8.09. The molecule has 0 saturated heterocycles. The number of aliphatic imine (C=N–C) groups is 1. The highest BCUT2D eigenvalue weighted by atomic mass is 16.5. The predicted molar refractivity (Wildman–Crippen MR) is 104 cm³/mol. The van der Waals surface area contributed by atoms with Crippen LogP contribution in [0, 0.1) is 6.92 Å². The van der Waals surface area contributed by atoms with Crippen molar-refractivity contribution in [2.75, 3.05) is 25.6 Å². The van der Waals surface area contributed by atoms with Crippen LogP contribution in [0.25, 0.3) is 0 Å². The Morgan fingerprint density at radius 2 is 1.88 bits per heavy atom. The number of anilines is 1. The fourth-order valence-electron chi connectivity index (χ4n) is 2.42. The molecule has 134 valence electrons. The van der Waals surface area contributed by atoms with Gasteiger partial charge in [-0.1, -0.05) is 24.3 Å². The molecule has 0 radical (unpaired) electrons. The highest BCUT2D eigenvalue weighted by Crippen LogP contribution is 2.30. The Balaban J connectivity index is 2.16. The zero-order valence-corrected chi connectivity index (χ0v) is 15.4. The Morgan fingerprint density at radius 3 is 2.56 bits per heavy atom. The van der Waals surface area contributed by atoms with Gasteiger partial charge in [0.25, 0.3) is 0 Å². The Labute approximate surface area is 150 Å². The molecule has 0 heterocycles. The first-order valence-corrected chi connectivity index (χ1v) is 8.58. The Morgan fingerprint density at radius 1 is 1.08 bits per heavy atom. The summed E-state index contributed by atoms with van der Waals surface area (Å²) in [5.41, 5.74) is 3.35. The molecule has 0 saturated carbocycles. The molecule has 0 amide bonds. The molecule has 0 atom stereocenters. The van der Waals surface area contributed by atoms with Crippen molar-refractivity contribution in [1.82, 2.24) is 5.32 Å². The monoisotopic (exact) mass is 341 g/mol. The molecular weight excluding hydrogens is 314 g/mol. The molecule has 0 aliphatic heterocycles. The molecular formula is C20H27N3O2. The molecule has 0 aromatic heterocycles. The topological polar surface area (TPSA) is 54.9 Å². The number of rotatable bonds is 7. The van der Waals surface area contributed by atoms with Gasteiger partial charge < -0.3 is 20.1 Å². The average Bonchev–Trinajstić information content (AvgIpc) is 2.61. The minimum Gasteiger partial charge on any atom is -0.493 e. The Bertz CT molecular complexity index is 714. The third kappa shape index (κ3) is 5.41. The standard InChI is InChI=1S/C20H27N3O2/c1-5-21-20(22-14-16-10-8-7-9-15(16)3)23-17-11-12-18(24-4)19(13-17)25-6-2/h7-13H,5-6,14H2,1-4H3,(H2,21,22,23). The normalized spacial score (nSPS) is 11.1. The molecule has 2 aromatic rings. The molecule has 25 heavy (non-hydrogen) atoms. The highest BCUT2D eigenvalue weighted by molar-refractivity contribution is 5.93. The van der Waals surface area contributed by atoms with Crippen molar-refractivity contribution in [3.8, 4) is 11.5 Å². The van der Waals surface area contributed by atoms with Crippen molar-refractivity contribution < 1.29 is 9.47 Å². The second kappa shape index (κ2) is 9.57. The van der Waals surface area contributed by atoms with Gasteiger partial charge in [0.1, 0.15) is 0 Å². The third-order valence-corrected chi connectivity index (χ3v) is 3.74. The van der Waals surface area contributed by atoms with Gasteiger partial charge >= 0.3 is 0 Å². The van der Waals surface area contributed by atoms with E-state index in [9.17, 15) is 0 Å². The minimum atomic E-state index is 0.585. The van der Waals surface area contributed by atoms with E-state index in [1.165, 1.54) is 11.1 Å². The molecule has 0 aliphatic carbocycles. The van der Waals surface area contributed by atoms with Crippen molar-refractivity contribution >= 4 is 11.6 Å². The van der Waals surface area contributed by atoms with Gasteiger partial charge in [-0.05, 0) is 44.0 Å². The van der Waals surface area contributed by atoms with Gasteiger partial charge in [-0.2, -0.15) is 0 Å². The second-order valence-corrected chi connectivity index (χ2v) is 5.55. The number of ether oxygens (including phenoxy) is 2. The van der Waals surface area contributed by atoms with Crippen LogP contribution in [0.15, 0.2) is 47.5 Å². The maximum absolute atomic E-state index is 5.63. The van der Waals surface area contributed by atoms with Crippen LogP contribution >= 0.6 is 0 Å². The molecule has 0 fully saturated rings. The summed E-state index contributed by atoms with van der Waals surface area (Å²) < 4.78 is 11.0. The van der Waals surface area contributed by atoms with Crippen molar-refractivity contribution in [2.24, 2.45) is 4.99 Å². The van der Waals surface area contributed by atoms with E-state index in [-0.39, 0.29) is 0 Å². The maximum Gasteiger partial charge on any atom is 0.196 e. The highest BCUT2D eigenvalue weighted by Gasteiger charge is 2.07. The van der Waals surface area contributed by atoms with Gasteiger partial charge in [-0.15, -0.1) is 0 Å². The summed E-state index contributed by atoms with van der Waals surface area (Å²) in [5.74, 6) is 2.16.